The number of carbonyl (C=O) groups excluding carboxylic acids is 1. The highest BCUT2D eigenvalue weighted by Gasteiger charge is 2.33. The molecule has 2 fully saturated rings. The highest BCUT2D eigenvalue weighted by molar-refractivity contribution is 6.33. The highest BCUT2D eigenvalue weighted by atomic mass is 35.5. The van der Waals surface area contributed by atoms with Crippen LogP contribution < -0.4 is 10.5 Å². The summed E-state index contributed by atoms with van der Waals surface area (Å²) in [5, 5.41) is 1.02. The van der Waals surface area contributed by atoms with Crippen LogP contribution >= 0.6 is 23.2 Å². The second-order valence-corrected chi connectivity index (χ2v) is 12.5. The Kier molecular flexibility index (Phi) is 11.1. The summed E-state index contributed by atoms with van der Waals surface area (Å²) < 4.78 is 33.8. The summed E-state index contributed by atoms with van der Waals surface area (Å²) in [7, 11) is 0. The van der Waals surface area contributed by atoms with Gasteiger partial charge in [0.1, 0.15) is 17.4 Å². The van der Waals surface area contributed by atoms with Crippen LogP contribution in [-0.2, 0) is 17.8 Å². The number of hydrogen-bond donors (Lipinski definition) is 1. The van der Waals surface area contributed by atoms with Crippen LogP contribution in [0.3, 0.4) is 0 Å². The van der Waals surface area contributed by atoms with Crippen molar-refractivity contribution in [1.82, 2.24) is 14.7 Å². The van der Waals surface area contributed by atoms with E-state index >= 15 is 0 Å². The zero-order chi connectivity index (χ0) is 31.2. The normalized spacial score (nSPS) is 17.5. The number of piperidine rings is 1. The first kappa shape index (κ1) is 32.6. The minimum absolute atomic E-state index is 0.00347. The van der Waals surface area contributed by atoms with Gasteiger partial charge in [0, 0.05) is 55.4 Å². The number of nitrogens with zero attached hydrogens (tertiary/aromatic N) is 3. The van der Waals surface area contributed by atoms with Crippen LogP contribution in [-0.4, -0.2) is 79.1 Å². The zero-order valence-corrected chi connectivity index (χ0v) is 26.6. The van der Waals surface area contributed by atoms with E-state index in [0.717, 1.165) is 55.6 Å². The van der Waals surface area contributed by atoms with Gasteiger partial charge in [0.2, 0.25) is 5.91 Å². The third-order valence-electron chi connectivity index (χ3n) is 8.85. The molecule has 0 bridgehead atoms. The maximum absolute atomic E-state index is 14.5. The SMILES string of the molecule is CCOc1cccc(F)c1CN1CCN(C(=O)[C@H](N)C2CCN(CCc3cc(Cl)ccc3-c3ccc(F)cc3Cl)CC2)CC1. The lowest BCUT2D eigenvalue weighted by atomic mass is 9.88. The average Bonchev–Trinajstić information content (AvgIpc) is 3.02. The molecule has 1 atom stereocenters. The number of carbonyl (C=O) groups is 1. The molecular weight excluding hydrogens is 605 g/mol. The van der Waals surface area contributed by atoms with Crippen LogP contribution in [0.5, 0.6) is 5.75 Å². The number of rotatable bonds is 10. The van der Waals surface area contributed by atoms with Gasteiger partial charge in [0.25, 0.3) is 0 Å². The van der Waals surface area contributed by atoms with Crippen LogP contribution in [0, 0.1) is 17.6 Å². The fourth-order valence-corrected chi connectivity index (χ4v) is 6.76. The first-order valence-corrected chi connectivity index (χ1v) is 16.1. The van der Waals surface area contributed by atoms with Crippen molar-refractivity contribution in [3.05, 3.63) is 87.4 Å². The van der Waals surface area contributed by atoms with E-state index in [0.29, 0.717) is 60.7 Å². The number of hydrogen-bond acceptors (Lipinski definition) is 5. The van der Waals surface area contributed by atoms with E-state index in [9.17, 15) is 13.6 Å². The largest absolute Gasteiger partial charge is 0.493 e. The third kappa shape index (κ3) is 7.90. The first-order valence-electron chi connectivity index (χ1n) is 15.4. The number of benzene rings is 3. The molecule has 0 saturated carbocycles. The van der Waals surface area contributed by atoms with Crippen LogP contribution in [0.1, 0.15) is 30.9 Å². The summed E-state index contributed by atoms with van der Waals surface area (Å²) in [5.41, 5.74) is 9.90. The average molecular weight is 646 g/mol. The summed E-state index contributed by atoms with van der Waals surface area (Å²) in [6.45, 7) is 7.82. The van der Waals surface area contributed by atoms with Crippen molar-refractivity contribution in [3.8, 4) is 16.9 Å². The molecule has 2 N–H and O–H groups in total. The lowest BCUT2D eigenvalue weighted by Gasteiger charge is -2.39. The fraction of sp³-hybridized carbons (Fsp3) is 0.441. The van der Waals surface area contributed by atoms with E-state index in [1.54, 1.807) is 18.2 Å². The Bertz CT molecular complexity index is 1440. The van der Waals surface area contributed by atoms with Gasteiger partial charge < -0.3 is 20.3 Å². The molecule has 5 rings (SSSR count). The topological polar surface area (TPSA) is 62.0 Å². The predicted molar refractivity (Wildman–Crippen MR) is 172 cm³/mol. The monoisotopic (exact) mass is 644 g/mol. The third-order valence-corrected chi connectivity index (χ3v) is 9.40. The second-order valence-electron chi connectivity index (χ2n) is 11.6. The first-order chi connectivity index (χ1) is 21.2. The Balaban J connectivity index is 1.10. The van der Waals surface area contributed by atoms with Crippen molar-refractivity contribution in [3.63, 3.8) is 0 Å². The van der Waals surface area contributed by atoms with E-state index in [-0.39, 0.29) is 23.5 Å². The van der Waals surface area contributed by atoms with Gasteiger partial charge in [-0.1, -0.05) is 35.3 Å². The Morgan fingerprint density at radius 3 is 2.39 bits per heavy atom. The Hall–Kier alpha value is -2.75. The molecule has 2 aliphatic rings. The quantitative estimate of drug-likeness (QED) is 0.282. The molecule has 0 aromatic heterocycles. The number of amides is 1. The maximum atomic E-state index is 14.5. The molecule has 2 heterocycles. The van der Waals surface area contributed by atoms with Gasteiger partial charge in [-0.2, -0.15) is 0 Å². The van der Waals surface area contributed by atoms with Gasteiger partial charge in [-0.05, 0) is 98.8 Å². The van der Waals surface area contributed by atoms with Crippen LogP contribution in [0.4, 0.5) is 8.78 Å². The van der Waals surface area contributed by atoms with Crippen molar-refractivity contribution in [2.45, 2.75) is 38.8 Å². The lowest BCUT2D eigenvalue weighted by molar-refractivity contribution is -0.136. The van der Waals surface area contributed by atoms with Gasteiger partial charge >= 0.3 is 0 Å². The number of ether oxygens (including phenoxy) is 1. The summed E-state index contributed by atoms with van der Waals surface area (Å²) in [5.74, 6) is 0.0671. The standard InChI is InChI=1S/C34H40Cl2F2N4O2/c1-2-44-32-5-3-4-31(38)29(32)22-41-16-18-42(19-17-41)34(43)33(39)23-10-13-40(14-11-23)15-12-24-20-25(35)6-8-27(24)28-9-7-26(37)21-30(28)36/h3-9,20-21,23,33H,2,10-19,22,39H2,1H3/t33-/m1/s1. The van der Waals surface area contributed by atoms with Crippen LogP contribution in [0.25, 0.3) is 11.1 Å². The summed E-state index contributed by atoms with van der Waals surface area (Å²) >= 11 is 12.7. The van der Waals surface area contributed by atoms with E-state index in [2.05, 4.69) is 9.80 Å². The molecule has 44 heavy (non-hydrogen) atoms. The van der Waals surface area contributed by atoms with E-state index in [1.165, 1.54) is 18.2 Å². The summed E-state index contributed by atoms with van der Waals surface area (Å²) in [4.78, 5) is 19.8. The molecule has 236 valence electrons. The maximum Gasteiger partial charge on any atom is 0.239 e. The molecule has 3 aromatic rings. The van der Waals surface area contributed by atoms with Gasteiger partial charge in [0.05, 0.1) is 17.7 Å². The Morgan fingerprint density at radius 2 is 1.68 bits per heavy atom. The summed E-state index contributed by atoms with van der Waals surface area (Å²) in [6, 6.07) is 14.5. The molecule has 6 nitrogen and oxygen atoms in total. The number of piperazine rings is 1. The molecule has 2 saturated heterocycles. The van der Waals surface area contributed by atoms with E-state index in [1.807, 2.05) is 30.0 Å². The van der Waals surface area contributed by atoms with Gasteiger partial charge in [0.15, 0.2) is 0 Å². The Labute approximate surface area is 268 Å². The Morgan fingerprint density at radius 1 is 0.955 bits per heavy atom. The van der Waals surface area contributed by atoms with Crippen molar-refractivity contribution < 1.29 is 18.3 Å². The van der Waals surface area contributed by atoms with Crippen molar-refractivity contribution in [2.24, 2.45) is 11.7 Å². The number of nitrogens with two attached hydrogens (primary N) is 1. The van der Waals surface area contributed by atoms with E-state index < -0.39 is 6.04 Å². The molecular formula is C34H40Cl2F2N4O2. The minimum Gasteiger partial charge on any atom is -0.493 e. The van der Waals surface area contributed by atoms with Gasteiger partial charge in [-0.25, -0.2) is 8.78 Å². The predicted octanol–water partition coefficient (Wildman–Crippen LogP) is 6.26. The van der Waals surface area contributed by atoms with Crippen molar-refractivity contribution >= 4 is 29.1 Å². The number of likely N-dealkylation sites (tertiary alicyclic amines) is 1. The second kappa shape index (κ2) is 15.0. The smallest absolute Gasteiger partial charge is 0.239 e. The van der Waals surface area contributed by atoms with Crippen LogP contribution in [0.2, 0.25) is 10.0 Å². The fourth-order valence-electron chi connectivity index (χ4n) is 6.30. The molecule has 10 heteroatoms. The van der Waals surface area contributed by atoms with E-state index in [4.69, 9.17) is 33.7 Å². The van der Waals surface area contributed by atoms with Gasteiger partial charge in [-0.3, -0.25) is 9.69 Å². The molecule has 3 aromatic carbocycles. The van der Waals surface area contributed by atoms with Crippen LogP contribution in [0.15, 0.2) is 54.6 Å². The summed E-state index contributed by atoms with van der Waals surface area (Å²) in [6.07, 6.45) is 2.47. The van der Waals surface area contributed by atoms with Crippen molar-refractivity contribution in [1.29, 1.82) is 0 Å². The molecule has 0 radical (unpaired) electrons. The minimum atomic E-state index is -0.528. The lowest BCUT2D eigenvalue weighted by Crippen LogP contribution is -2.55. The zero-order valence-electron chi connectivity index (χ0n) is 25.1. The van der Waals surface area contributed by atoms with Gasteiger partial charge in [-0.15, -0.1) is 0 Å². The van der Waals surface area contributed by atoms with Crippen molar-refractivity contribution in [2.75, 3.05) is 52.4 Å². The molecule has 2 aliphatic heterocycles. The number of halogens is 4. The molecule has 0 spiro atoms. The highest BCUT2D eigenvalue weighted by Crippen LogP contribution is 2.33. The molecule has 1 amide bonds. The molecule has 0 aliphatic carbocycles. The molecule has 0 unspecified atom stereocenters.